The second-order valence-electron chi connectivity index (χ2n) is 7.36. The van der Waals surface area contributed by atoms with Crippen LogP contribution in [0.4, 0.5) is 0 Å². The van der Waals surface area contributed by atoms with Crippen molar-refractivity contribution in [3.05, 3.63) is 65.0 Å². The molecule has 4 rings (SSSR count). The lowest BCUT2D eigenvalue weighted by molar-refractivity contribution is -0.128. The molecule has 2 heterocycles. The molecule has 2 aromatic carbocycles. The second-order valence-corrected chi connectivity index (χ2v) is 7.36. The molecule has 1 saturated heterocycles. The summed E-state index contributed by atoms with van der Waals surface area (Å²) in [5.74, 6) is 0.613. The molecule has 1 aliphatic rings. The molecule has 6 heteroatoms. The summed E-state index contributed by atoms with van der Waals surface area (Å²) in [5, 5.41) is 9.18. The topological polar surface area (TPSA) is 75.4 Å². The molecule has 2 amide bonds. The maximum Gasteiger partial charge on any atom is 0.225 e. The van der Waals surface area contributed by atoms with Crippen LogP contribution in [0.1, 0.15) is 29.0 Å². The lowest BCUT2D eigenvalue weighted by Crippen LogP contribution is -2.38. The zero-order valence-corrected chi connectivity index (χ0v) is 16.1. The number of carbonyl (C=O) groups excluding carboxylic acids is 2. The van der Waals surface area contributed by atoms with Gasteiger partial charge in [0.2, 0.25) is 11.8 Å². The number of likely N-dealkylation sites (tertiary alicyclic amines) is 1. The minimum atomic E-state index is -0.171. The Morgan fingerprint density at radius 3 is 2.79 bits per heavy atom. The number of carbonyl (C=O) groups is 2. The lowest BCUT2D eigenvalue weighted by atomic mass is 10.0. The Balaban J connectivity index is 1.40. The van der Waals surface area contributed by atoms with E-state index in [-0.39, 0.29) is 24.3 Å². The van der Waals surface area contributed by atoms with Crippen LogP contribution in [0.5, 0.6) is 0 Å². The average molecular weight is 377 g/mol. The van der Waals surface area contributed by atoms with Gasteiger partial charge < -0.3 is 14.7 Å². The lowest BCUT2D eigenvalue weighted by Gasteiger charge is -2.18. The maximum absolute atomic E-state index is 12.5. The van der Waals surface area contributed by atoms with Gasteiger partial charge in [0.15, 0.2) is 0 Å². The van der Waals surface area contributed by atoms with Crippen LogP contribution in [0.15, 0.2) is 47.0 Å². The third-order valence-corrected chi connectivity index (χ3v) is 5.34. The van der Waals surface area contributed by atoms with Crippen LogP contribution < -0.4 is 5.32 Å². The summed E-state index contributed by atoms with van der Waals surface area (Å²) >= 11 is 0. The van der Waals surface area contributed by atoms with Gasteiger partial charge in [-0.25, -0.2) is 0 Å². The molecule has 3 aromatic rings. The highest BCUT2D eigenvalue weighted by Crippen LogP contribution is 2.22. The fraction of sp³-hybridized carbons (Fsp3) is 0.318. The molecule has 0 spiro atoms. The van der Waals surface area contributed by atoms with Crippen LogP contribution in [0.25, 0.3) is 10.8 Å². The van der Waals surface area contributed by atoms with Gasteiger partial charge in [-0.1, -0.05) is 47.6 Å². The maximum atomic E-state index is 12.5. The van der Waals surface area contributed by atoms with Gasteiger partial charge in [-0.2, -0.15) is 0 Å². The summed E-state index contributed by atoms with van der Waals surface area (Å²) in [6, 6.07) is 14.1. The van der Waals surface area contributed by atoms with Crippen LogP contribution in [0.3, 0.4) is 0 Å². The SMILES string of the molecule is Cc1noc(C)c1CC(=O)NC1CC(=O)N(Cc2cccc3ccccc23)C1. The molecule has 0 radical (unpaired) electrons. The van der Waals surface area contributed by atoms with E-state index >= 15 is 0 Å². The van der Waals surface area contributed by atoms with Crippen molar-refractivity contribution in [3.8, 4) is 0 Å². The third-order valence-electron chi connectivity index (χ3n) is 5.34. The zero-order valence-electron chi connectivity index (χ0n) is 16.1. The molecule has 1 N–H and O–H groups in total. The molecule has 1 fully saturated rings. The van der Waals surface area contributed by atoms with Gasteiger partial charge in [0, 0.05) is 25.1 Å². The smallest absolute Gasteiger partial charge is 0.225 e. The first-order valence-electron chi connectivity index (χ1n) is 9.47. The van der Waals surface area contributed by atoms with Crippen molar-refractivity contribution in [1.82, 2.24) is 15.4 Å². The van der Waals surface area contributed by atoms with Gasteiger partial charge in [0.25, 0.3) is 0 Å². The van der Waals surface area contributed by atoms with Gasteiger partial charge in [0.1, 0.15) is 5.76 Å². The second kappa shape index (κ2) is 7.46. The summed E-state index contributed by atoms with van der Waals surface area (Å²) in [6.45, 7) is 4.70. The molecule has 0 saturated carbocycles. The largest absolute Gasteiger partial charge is 0.361 e. The molecular weight excluding hydrogens is 354 g/mol. The van der Waals surface area contributed by atoms with Crippen molar-refractivity contribution in [3.63, 3.8) is 0 Å². The van der Waals surface area contributed by atoms with Gasteiger partial charge in [0.05, 0.1) is 18.2 Å². The Morgan fingerprint density at radius 2 is 2.00 bits per heavy atom. The third kappa shape index (κ3) is 3.63. The van der Waals surface area contributed by atoms with E-state index in [2.05, 4.69) is 34.7 Å². The predicted molar refractivity (Wildman–Crippen MR) is 106 cm³/mol. The van der Waals surface area contributed by atoms with E-state index < -0.39 is 0 Å². The fourth-order valence-electron chi connectivity index (χ4n) is 3.85. The number of amides is 2. The van der Waals surface area contributed by atoms with Crippen molar-refractivity contribution in [2.75, 3.05) is 6.54 Å². The number of nitrogens with zero attached hydrogens (tertiary/aromatic N) is 2. The van der Waals surface area contributed by atoms with Gasteiger partial charge in [-0.05, 0) is 30.2 Å². The average Bonchev–Trinajstić information content (AvgIpc) is 3.18. The number of benzene rings is 2. The summed E-state index contributed by atoms with van der Waals surface area (Å²) in [4.78, 5) is 26.7. The fourth-order valence-corrected chi connectivity index (χ4v) is 3.85. The Bertz CT molecular complexity index is 1020. The highest BCUT2D eigenvalue weighted by Gasteiger charge is 2.31. The van der Waals surface area contributed by atoms with E-state index in [1.807, 2.05) is 30.0 Å². The van der Waals surface area contributed by atoms with Crippen molar-refractivity contribution in [2.24, 2.45) is 0 Å². The van der Waals surface area contributed by atoms with E-state index in [9.17, 15) is 9.59 Å². The van der Waals surface area contributed by atoms with E-state index in [1.165, 1.54) is 0 Å². The molecule has 0 bridgehead atoms. The standard InChI is InChI=1S/C22H23N3O3/c1-14-20(15(2)28-24-14)11-21(26)23-18-10-22(27)25(13-18)12-17-8-5-7-16-6-3-4-9-19(16)17/h3-9,18H,10-13H2,1-2H3,(H,23,26). The summed E-state index contributed by atoms with van der Waals surface area (Å²) in [7, 11) is 0. The minimum absolute atomic E-state index is 0.0653. The monoisotopic (exact) mass is 377 g/mol. The van der Waals surface area contributed by atoms with Crippen molar-refractivity contribution < 1.29 is 14.1 Å². The zero-order chi connectivity index (χ0) is 19.7. The number of aromatic nitrogens is 1. The molecule has 144 valence electrons. The predicted octanol–water partition coefficient (Wildman–Crippen LogP) is 2.90. The number of aryl methyl sites for hydroxylation is 2. The van der Waals surface area contributed by atoms with Crippen LogP contribution in [0.2, 0.25) is 0 Å². The number of nitrogens with one attached hydrogen (secondary N) is 1. The van der Waals surface area contributed by atoms with Crippen molar-refractivity contribution in [2.45, 2.75) is 39.3 Å². The van der Waals surface area contributed by atoms with E-state index in [0.29, 0.717) is 25.3 Å². The van der Waals surface area contributed by atoms with E-state index in [4.69, 9.17) is 4.52 Å². The molecule has 1 aliphatic heterocycles. The molecular formula is C22H23N3O3. The van der Waals surface area contributed by atoms with E-state index in [1.54, 1.807) is 6.92 Å². The number of rotatable bonds is 5. The Kier molecular flexibility index (Phi) is 4.86. The number of hydrogen-bond donors (Lipinski definition) is 1. The van der Waals surface area contributed by atoms with Gasteiger partial charge >= 0.3 is 0 Å². The van der Waals surface area contributed by atoms with Gasteiger partial charge in [-0.15, -0.1) is 0 Å². The number of fused-ring (bicyclic) bond motifs is 1. The summed E-state index contributed by atoms with van der Waals surface area (Å²) in [5.41, 5.74) is 2.66. The first-order valence-corrected chi connectivity index (χ1v) is 9.47. The summed E-state index contributed by atoms with van der Waals surface area (Å²) in [6.07, 6.45) is 0.549. The highest BCUT2D eigenvalue weighted by molar-refractivity contribution is 5.87. The Hall–Kier alpha value is -3.15. The molecule has 6 nitrogen and oxygen atoms in total. The molecule has 1 atom stereocenters. The molecule has 28 heavy (non-hydrogen) atoms. The van der Waals surface area contributed by atoms with E-state index in [0.717, 1.165) is 27.6 Å². The molecule has 1 aromatic heterocycles. The van der Waals surface area contributed by atoms with Crippen molar-refractivity contribution in [1.29, 1.82) is 0 Å². The van der Waals surface area contributed by atoms with Crippen LogP contribution in [-0.4, -0.2) is 34.5 Å². The quantitative estimate of drug-likeness (QED) is 0.742. The first-order chi connectivity index (χ1) is 13.5. The Labute approximate surface area is 163 Å². The first kappa shape index (κ1) is 18.2. The van der Waals surface area contributed by atoms with Crippen LogP contribution in [-0.2, 0) is 22.6 Å². The van der Waals surface area contributed by atoms with Crippen LogP contribution in [0, 0.1) is 13.8 Å². The molecule has 1 unspecified atom stereocenters. The highest BCUT2D eigenvalue weighted by atomic mass is 16.5. The summed E-state index contributed by atoms with van der Waals surface area (Å²) < 4.78 is 5.11. The Morgan fingerprint density at radius 1 is 1.21 bits per heavy atom. The van der Waals surface area contributed by atoms with Crippen molar-refractivity contribution >= 4 is 22.6 Å². The number of hydrogen-bond acceptors (Lipinski definition) is 4. The van der Waals surface area contributed by atoms with Gasteiger partial charge in [-0.3, -0.25) is 9.59 Å². The van der Waals surface area contributed by atoms with Crippen LogP contribution >= 0.6 is 0 Å². The normalized spacial score (nSPS) is 16.7. The minimum Gasteiger partial charge on any atom is -0.361 e. The molecule has 0 aliphatic carbocycles.